The maximum atomic E-state index is 13.6. The largest absolute Gasteiger partial charge is 0.458 e. The normalized spacial score (nSPS) is 18.0. The zero-order valence-corrected chi connectivity index (χ0v) is 26.1. The van der Waals surface area contributed by atoms with Gasteiger partial charge >= 0.3 is 12.1 Å². The summed E-state index contributed by atoms with van der Waals surface area (Å²) >= 11 is 0. The van der Waals surface area contributed by atoms with Gasteiger partial charge in [-0.1, -0.05) is 29.8 Å². The van der Waals surface area contributed by atoms with Crippen molar-refractivity contribution in [2.24, 2.45) is 0 Å². The monoisotopic (exact) mass is 623 g/mol. The Bertz CT molecular complexity index is 1510. The van der Waals surface area contributed by atoms with Crippen LogP contribution in [0.1, 0.15) is 31.9 Å². The Morgan fingerprint density at radius 1 is 1.05 bits per heavy atom. The lowest BCUT2D eigenvalue weighted by molar-refractivity contribution is -0.158. The van der Waals surface area contributed by atoms with Crippen LogP contribution in [0.5, 0.6) is 5.75 Å². The van der Waals surface area contributed by atoms with Gasteiger partial charge in [0.1, 0.15) is 23.4 Å². The summed E-state index contributed by atoms with van der Waals surface area (Å²) in [5.41, 5.74) is 0.490. The summed E-state index contributed by atoms with van der Waals surface area (Å²) in [6.07, 6.45) is -0.638. The average Bonchev–Trinajstić information content (AvgIpc) is 2.87. The molecule has 3 rings (SSSR count). The molecule has 1 aliphatic rings. The SMILES string of the molecule is Cc1ccc(S(=O)(=O)N2CCS(=O)(=O)C[C@H]2C(=O)N[C@@H](Cc2ccc(OC(=O)N(C)C)cc2)C(=O)OC(C)(C)C)cc1. The summed E-state index contributed by atoms with van der Waals surface area (Å²) < 4.78 is 63.6. The van der Waals surface area contributed by atoms with Gasteiger partial charge in [-0.25, -0.2) is 26.4 Å². The molecule has 2 amide bonds. The lowest BCUT2D eigenvalue weighted by Crippen LogP contribution is -2.60. The van der Waals surface area contributed by atoms with Crippen LogP contribution >= 0.6 is 0 Å². The van der Waals surface area contributed by atoms with Gasteiger partial charge in [0, 0.05) is 27.1 Å². The molecular formula is C28H37N3O9S2. The van der Waals surface area contributed by atoms with E-state index in [0.717, 1.165) is 9.87 Å². The molecule has 14 heteroatoms. The highest BCUT2D eigenvalue weighted by Gasteiger charge is 2.44. The van der Waals surface area contributed by atoms with E-state index in [1.54, 1.807) is 52.0 Å². The molecule has 0 bridgehead atoms. The van der Waals surface area contributed by atoms with E-state index < -0.39 is 73.6 Å². The Labute approximate surface area is 246 Å². The first kappa shape index (κ1) is 33.0. The predicted octanol–water partition coefficient (Wildman–Crippen LogP) is 1.91. The minimum absolute atomic E-state index is 0.0628. The smallest absolute Gasteiger partial charge is 0.414 e. The number of hydrogen-bond donors (Lipinski definition) is 1. The number of esters is 1. The fraction of sp³-hybridized carbons (Fsp3) is 0.464. The first-order valence-corrected chi connectivity index (χ1v) is 16.4. The molecule has 0 saturated carbocycles. The van der Waals surface area contributed by atoms with Crippen molar-refractivity contribution in [3.05, 3.63) is 59.7 Å². The third-order valence-corrected chi connectivity index (χ3v) is 9.80. The molecular weight excluding hydrogens is 586 g/mol. The van der Waals surface area contributed by atoms with Crippen LogP contribution < -0.4 is 10.1 Å². The molecule has 12 nitrogen and oxygen atoms in total. The standard InChI is InChI=1S/C28H37N3O9S2/c1-19-7-13-22(14-8-19)42(37,38)31-15-16-41(35,36)18-24(31)25(32)29-23(26(33)40-28(2,3)4)17-20-9-11-21(12-10-20)39-27(34)30(5)6/h7-14,23-24H,15-18H2,1-6H3,(H,29,32)/t23-,24-/m0/s1. The van der Waals surface area contributed by atoms with Crippen LogP contribution in [0.25, 0.3) is 0 Å². The Balaban J connectivity index is 1.89. The van der Waals surface area contributed by atoms with Gasteiger partial charge in [0.05, 0.1) is 16.4 Å². The number of carbonyl (C=O) groups is 3. The van der Waals surface area contributed by atoms with Crippen molar-refractivity contribution in [3.8, 4) is 5.75 Å². The van der Waals surface area contributed by atoms with Gasteiger partial charge in [-0.3, -0.25) is 4.79 Å². The number of carbonyl (C=O) groups excluding carboxylic acids is 3. The number of aryl methyl sites for hydroxylation is 1. The number of nitrogens with zero attached hydrogens (tertiary/aromatic N) is 2. The van der Waals surface area contributed by atoms with Crippen LogP contribution in [-0.2, 0) is 40.6 Å². The molecule has 1 fully saturated rings. The molecule has 2 aromatic rings. The summed E-state index contributed by atoms with van der Waals surface area (Å²) in [4.78, 5) is 39.8. The van der Waals surface area contributed by atoms with Crippen LogP contribution in [0.2, 0.25) is 0 Å². The van der Waals surface area contributed by atoms with E-state index in [2.05, 4.69) is 5.32 Å². The number of sulfonamides is 1. The summed E-state index contributed by atoms with van der Waals surface area (Å²) in [6, 6.07) is 9.36. The molecule has 0 unspecified atom stereocenters. The second-order valence-electron chi connectivity index (χ2n) is 11.3. The average molecular weight is 624 g/mol. The third-order valence-electron chi connectivity index (χ3n) is 6.25. The lowest BCUT2D eigenvalue weighted by atomic mass is 10.0. The second-order valence-corrected chi connectivity index (χ2v) is 15.4. The molecule has 0 aromatic heterocycles. The molecule has 42 heavy (non-hydrogen) atoms. The van der Waals surface area contributed by atoms with Crippen molar-refractivity contribution in [1.82, 2.24) is 14.5 Å². The van der Waals surface area contributed by atoms with E-state index in [4.69, 9.17) is 9.47 Å². The van der Waals surface area contributed by atoms with Gasteiger partial charge in [0.15, 0.2) is 9.84 Å². The minimum Gasteiger partial charge on any atom is -0.458 e. The number of ether oxygens (including phenoxy) is 2. The first-order chi connectivity index (χ1) is 19.4. The van der Waals surface area contributed by atoms with Gasteiger partial charge in [0.2, 0.25) is 15.9 Å². The maximum Gasteiger partial charge on any atom is 0.414 e. The molecule has 1 N–H and O–H groups in total. The van der Waals surface area contributed by atoms with E-state index in [9.17, 15) is 31.2 Å². The van der Waals surface area contributed by atoms with Gasteiger partial charge in [-0.15, -0.1) is 0 Å². The third kappa shape index (κ3) is 8.76. The van der Waals surface area contributed by atoms with Crippen LogP contribution in [0.4, 0.5) is 4.79 Å². The molecule has 2 atom stereocenters. The molecule has 1 heterocycles. The van der Waals surface area contributed by atoms with Crippen LogP contribution in [0.3, 0.4) is 0 Å². The second kappa shape index (κ2) is 12.8. The van der Waals surface area contributed by atoms with Crippen molar-refractivity contribution in [2.75, 3.05) is 32.1 Å². The van der Waals surface area contributed by atoms with Gasteiger partial charge in [-0.2, -0.15) is 4.31 Å². The number of rotatable bonds is 8. The van der Waals surface area contributed by atoms with E-state index in [0.29, 0.717) is 5.56 Å². The highest BCUT2D eigenvalue weighted by atomic mass is 32.2. The molecule has 0 radical (unpaired) electrons. The van der Waals surface area contributed by atoms with Crippen LogP contribution in [0, 0.1) is 6.92 Å². The molecule has 1 saturated heterocycles. The fourth-order valence-corrected chi connectivity index (χ4v) is 7.34. The van der Waals surface area contributed by atoms with Crippen LogP contribution in [0.15, 0.2) is 53.4 Å². The zero-order chi connectivity index (χ0) is 31.5. The number of amides is 2. The molecule has 2 aromatic carbocycles. The predicted molar refractivity (Wildman–Crippen MR) is 155 cm³/mol. The molecule has 0 aliphatic carbocycles. The lowest BCUT2D eigenvalue weighted by Gasteiger charge is -2.34. The molecule has 1 aliphatic heterocycles. The summed E-state index contributed by atoms with van der Waals surface area (Å²) in [5.74, 6) is -2.65. The summed E-state index contributed by atoms with van der Waals surface area (Å²) in [5, 5.41) is 2.54. The highest BCUT2D eigenvalue weighted by molar-refractivity contribution is 7.92. The first-order valence-electron chi connectivity index (χ1n) is 13.2. The Morgan fingerprint density at radius 3 is 2.19 bits per heavy atom. The van der Waals surface area contributed by atoms with Crippen molar-refractivity contribution in [3.63, 3.8) is 0 Å². The number of nitrogens with one attached hydrogen (secondary N) is 1. The zero-order valence-electron chi connectivity index (χ0n) is 24.5. The van der Waals surface area contributed by atoms with Crippen molar-refractivity contribution >= 4 is 37.8 Å². The summed E-state index contributed by atoms with van der Waals surface area (Å²) in [7, 11) is -4.92. The van der Waals surface area contributed by atoms with Crippen molar-refractivity contribution in [1.29, 1.82) is 0 Å². The Hall–Kier alpha value is -3.49. The Morgan fingerprint density at radius 2 is 1.64 bits per heavy atom. The Kier molecular flexibility index (Phi) is 10.1. The van der Waals surface area contributed by atoms with E-state index in [-0.39, 0.29) is 17.1 Å². The van der Waals surface area contributed by atoms with Gasteiger partial charge in [0.25, 0.3) is 0 Å². The summed E-state index contributed by atoms with van der Waals surface area (Å²) in [6.45, 7) is 6.34. The quantitative estimate of drug-likeness (QED) is 0.434. The maximum absolute atomic E-state index is 13.6. The van der Waals surface area contributed by atoms with Crippen molar-refractivity contribution in [2.45, 2.75) is 56.7 Å². The van der Waals surface area contributed by atoms with E-state index >= 15 is 0 Å². The topological polar surface area (TPSA) is 156 Å². The molecule has 0 spiro atoms. The van der Waals surface area contributed by atoms with Gasteiger partial charge in [-0.05, 0) is 57.5 Å². The fourth-order valence-electron chi connectivity index (χ4n) is 4.09. The highest BCUT2D eigenvalue weighted by Crippen LogP contribution is 2.24. The number of sulfone groups is 1. The number of hydrogen-bond acceptors (Lipinski definition) is 9. The van der Waals surface area contributed by atoms with Gasteiger partial charge < -0.3 is 19.7 Å². The number of benzene rings is 2. The minimum atomic E-state index is -4.24. The van der Waals surface area contributed by atoms with Crippen molar-refractivity contribution < 1.29 is 40.7 Å². The van der Waals surface area contributed by atoms with E-state index in [1.807, 2.05) is 0 Å². The van der Waals surface area contributed by atoms with E-state index in [1.165, 1.54) is 43.3 Å². The van der Waals surface area contributed by atoms with Crippen LogP contribution in [-0.4, -0.2) is 93.8 Å². The molecule has 230 valence electrons.